The van der Waals surface area contributed by atoms with Crippen molar-refractivity contribution in [3.63, 3.8) is 0 Å². The van der Waals surface area contributed by atoms with Crippen LogP contribution in [0.4, 0.5) is 5.69 Å². The third-order valence-electron chi connectivity index (χ3n) is 5.19. The number of ether oxygens (including phenoxy) is 2. The molecule has 0 aliphatic carbocycles. The number of rotatable bonds is 5. The molecule has 2 aromatic carbocycles. The molecule has 0 aromatic heterocycles. The molecule has 1 saturated heterocycles. The Morgan fingerprint density at radius 1 is 1.04 bits per heavy atom. The molecule has 0 radical (unpaired) electrons. The molecule has 0 saturated carbocycles. The molecule has 1 aliphatic rings. The fourth-order valence-corrected chi connectivity index (χ4v) is 3.49. The van der Waals surface area contributed by atoms with E-state index in [1.165, 1.54) is 16.8 Å². The van der Waals surface area contributed by atoms with Crippen molar-refractivity contribution in [2.45, 2.75) is 20.8 Å². The first-order valence-corrected chi connectivity index (χ1v) is 9.46. The van der Waals surface area contributed by atoms with Crippen LogP contribution >= 0.6 is 0 Å². The third kappa shape index (κ3) is 4.02. The number of piperazine rings is 1. The Kier molecular flexibility index (Phi) is 5.89. The van der Waals surface area contributed by atoms with E-state index >= 15 is 0 Å². The second-order valence-electron chi connectivity index (χ2n) is 6.80. The largest absolute Gasteiger partial charge is 0.493 e. The summed E-state index contributed by atoms with van der Waals surface area (Å²) in [6, 6.07) is 11.8. The minimum absolute atomic E-state index is 0.0409. The summed E-state index contributed by atoms with van der Waals surface area (Å²) in [6.45, 7) is 9.84. The van der Waals surface area contributed by atoms with Gasteiger partial charge in [0.15, 0.2) is 11.5 Å². The Hall–Kier alpha value is -2.69. The van der Waals surface area contributed by atoms with Crippen LogP contribution in [0.2, 0.25) is 0 Å². The SMILES string of the molecule is CCOc1cc(C(=O)N2CCN(c3cccc(C)c3C)CC2)ccc1OC. The molecule has 2 aromatic rings. The van der Waals surface area contributed by atoms with Crippen LogP contribution < -0.4 is 14.4 Å². The Morgan fingerprint density at radius 2 is 1.78 bits per heavy atom. The van der Waals surface area contributed by atoms with E-state index in [9.17, 15) is 4.79 Å². The molecule has 1 aliphatic heterocycles. The van der Waals surface area contributed by atoms with E-state index in [0.29, 0.717) is 36.8 Å². The van der Waals surface area contributed by atoms with Gasteiger partial charge in [-0.2, -0.15) is 0 Å². The quantitative estimate of drug-likeness (QED) is 0.807. The summed E-state index contributed by atoms with van der Waals surface area (Å²) >= 11 is 0. The predicted molar refractivity (Wildman–Crippen MR) is 108 cm³/mol. The molecule has 1 fully saturated rings. The lowest BCUT2D eigenvalue weighted by molar-refractivity contribution is 0.0746. The molecule has 3 rings (SSSR count). The number of carbonyl (C=O) groups excluding carboxylic acids is 1. The van der Waals surface area contributed by atoms with Crippen molar-refractivity contribution in [1.29, 1.82) is 0 Å². The second kappa shape index (κ2) is 8.33. The molecular formula is C22H28N2O3. The second-order valence-corrected chi connectivity index (χ2v) is 6.80. The van der Waals surface area contributed by atoms with E-state index in [1.807, 2.05) is 11.8 Å². The molecule has 0 spiro atoms. The number of aryl methyl sites for hydroxylation is 1. The highest BCUT2D eigenvalue weighted by atomic mass is 16.5. The van der Waals surface area contributed by atoms with Gasteiger partial charge in [-0.05, 0) is 56.2 Å². The van der Waals surface area contributed by atoms with Crippen LogP contribution in [0.3, 0.4) is 0 Å². The van der Waals surface area contributed by atoms with Gasteiger partial charge in [0.05, 0.1) is 13.7 Å². The Morgan fingerprint density at radius 3 is 2.44 bits per heavy atom. The maximum atomic E-state index is 12.9. The first kappa shape index (κ1) is 19.1. The summed E-state index contributed by atoms with van der Waals surface area (Å²) in [7, 11) is 1.60. The molecule has 0 N–H and O–H groups in total. The normalized spacial score (nSPS) is 14.2. The van der Waals surface area contributed by atoms with Crippen molar-refractivity contribution in [1.82, 2.24) is 4.90 Å². The van der Waals surface area contributed by atoms with E-state index in [4.69, 9.17) is 9.47 Å². The number of carbonyl (C=O) groups is 1. The minimum atomic E-state index is 0.0409. The summed E-state index contributed by atoms with van der Waals surface area (Å²) in [5, 5.41) is 0. The molecule has 0 bridgehead atoms. The lowest BCUT2D eigenvalue weighted by atomic mass is 10.1. The van der Waals surface area contributed by atoms with Crippen molar-refractivity contribution in [3.8, 4) is 11.5 Å². The Balaban J connectivity index is 1.70. The van der Waals surface area contributed by atoms with Gasteiger partial charge in [-0.3, -0.25) is 4.79 Å². The average molecular weight is 368 g/mol. The molecule has 27 heavy (non-hydrogen) atoms. The van der Waals surface area contributed by atoms with Crippen LogP contribution in [0, 0.1) is 13.8 Å². The maximum absolute atomic E-state index is 12.9. The van der Waals surface area contributed by atoms with E-state index in [2.05, 4.69) is 36.9 Å². The summed E-state index contributed by atoms with van der Waals surface area (Å²) in [5.74, 6) is 1.30. The van der Waals surface area contributed by atoms with Gasteiger partial charge in [0, 0.05) is 37.4 Å². The first-order chi connectivity index (χ1) is 13.0. The number of benzene rings is 2. The van der Waals surface area contributed by atoms with Crippen LogP contribution in [0.1, 0.15) is 28.4 Å². The third-order valence-corrected chi connectivity index (χ3v) is 5.19. The predicted octanol–water partition coefficient (Wildman–Crippen LogP) is 3.67. The van der Waals surface area contributed by atoms with Crippen LogP contribution in [0.15, 0.2) is 36.4 Å². The van der Waals surface area contributed by atoms with Gasteiger partial charge in [-0.1, -0.05) is 12.1 Å². The van der Waals surface area contributed by atoms with Gasteiger partial charge in [-0.25, -0.2) is 0 Å². The molecule has 1 heterocycles. The number of amides is 1. The van der Waals surface area contributed by atoms with Gasteiger partial charge in [-0.15, -0.1) is 0 Å². The summed E-state index contributed by atoms with van der Waals surface area (Å²) in [4.78, 5) is 17.2. The molecule has 144 valence electrons. The van der Waals surface area contributed by atoms with Crippen LogP contribution in [-0.2, 0) is 0 Å². The fourth-order valence-electron chi connectivity index (χ4n) is 3.49. The Labute approximate surface area is 161 Å². The number of hydrogen-bond donors (Lipinski definition) is 0. The molecule has 0 atom stereocenters. The monoisotopic (exact) mass is 368 g/mol. The van der Waals surface area contributed by atoms with E-state index in [1.54, 1.807) is 25.3 Å². The van der Waals surface area contributed by atoms with Crippen LogP contribution in [0.5, 0.6) is 11.5 Å². The number of anilines is 1. The zero-order valence-corrected chi connectivity index (χ0v) is 16.6. The molecule has 1 amide bonds. The highest BCUT2D eigenvalue weighted by Crippen LogP contribution is 2.29. The summed E-state index contributed by atoms with van der Waals surface area (Å²) in [5.41, 5.74) is 4.52. The van der Waals surface area contributed by atoms with E-state index < -0.39 is 0 Å². The zero-order valence-electron chi connectivity index (χ0n) is 16.6. The summed E-state index contributed by atoms with van der Waals surface area (Å²) in [6.07, 6.45) is 0. The van der Waals surface area contributed by atoms with Crippen molar-refractivity contribution in [3.05, 3.63) is 53.1 Å². The van der Waals surface area contributed by atoms with Crippen LogP contribution in [-0.4, -0.2) is 50.7 Å². The fraction of sp³-hybridized carbons (Fsp3) is 0.409. The topological polar surface area (TPSA) is 42.0 Å². The van der Waals surface area contributed by atoms with Crippen molar-refractivity contribution in [2.24, 2.45) is 0 Å². The lowest BCUT2D eigenvalue weighted by Gasteiger charge is -2.37. The molecule has 5 nitrogen and oxygen atoms in total. The average Bonchev–Trinajstić information content (AvgIpc) is 2.70. The van der Waals surface area contributed by atoms with Gasteiger partial charge >= 0.3 is 0 Å². The van der Waals surface area contributed by atoms with E-state index in [0.717, 1.165) is 13.1 Å². The number of methoxy groups -OCH3 is 1. The summed E-state index contributed by atoms with van der Waals surface area (Å²) < 4.78 is 10.9. The number of nitrogens with zero attached hydrogens (tertiary/aromatic N) is 2. The smallest absolute Gasteiger partial charge is 0.254 e. The van der Waals surface area contributed by atoms with Gasteiger partial charge in [0.25, 0.3) is 5.91 Å². The van der Waals surface area contributed by atoms with Crippen molar-refractivity contribution >= 4 is 11.6 Å². The number of hydrogen-bond acceptors (Lipinski definition) is 4. The van der Waals surface area contributed by atoms with Gasteiger partial charge < -0.3 is 19.3 Å². The molecular weight excluding hydrogens is 340 g/mol. The standard InChI is InChI=1S/C22H28N2O3/c1-5-27-21-15-18(9-10-20(21)26-4)22(25)24-13-11-23(12-14-24)19-8-6-7-16(2)17(19)3/h6-10,15H,5,11-14H2,1-4H3. The van der Waals surface area contributed by atoms with Crippen LogP contribution in [0.25, 0.3) is 0 Å². The lowest BCUT2D eigenvalue weighted by Crippen LogP contribution is -2.49. The maximum Gasteiger partial charge on any atom is 0.254 e. The minimum Gasteiger partial charge on any atom is -0.493 e. The molecule has 5 heteroatoms. The Bertz CT molecular complexity index is 811. The van der Waals surface area contributed by atoms with E-state index in [-0.39, 0.29) is 5.91 Å². The van der Waals surface area contributed by atoms with Gasteiger partial charge in [0.1, 0.15) is 0 Å². The highest BCUT2D eigenvalue weighted by molar-refractivity contribution is 5.95. The van der Waals surface area contributed by atoms with Crippen molar-refractivity contribution in [2.75, 3.05) is 44.8 Å². The zero-order chi connectivity index (χ0) is 19.4. The van der Waals surface area contributed by atoms with Gasteiger partial charge in [0.2, 0.25) is 0 Å². The highest BCUT2D eigenvalue weighted by Gasteiger charge is 2.24. The molecule has 0 unspecified atom stereocenters. The van der Waals surface area contributed by atoms with Crippen molar-refractivity contribution < 1.29 is 14.3 Å². The first-order valence-electron chi connectivity index (χ1n) is 9.46.